The summed E-state index contributed by atoms with van der Waals surface area (Å²) in [5.41, 5.74) is 1.69. The zero-order valence-electron chi connectivity index (χ0n) is 15.7. The van der Waals surface area contributed by atoms with Gasteiger partial charge in [0.15, 0.2) is 0 Å². The van der Waals surface area contributed by atoms with Crippen LogP contribution in [0.5, 0.6) is 0 Å². The van der Waals surface area contributed by atoms with E-state index in [9.17, 15) is 14.4 Å². The van der Waals surface area contributed by atoms with Gasteiger partial charge in [-0.3, -0.25) is 14.4 Å². The van der Waals surface area contributed by atoms with Crippen LogP contribution in [0.4, 0.5) is 11.4 Å². The molecule has 1 aliphatic heterocycles. The summed E-state index contributed by atoms with van der Waals surface area (Å²) >= 11 is 9.47. The zero-order valence-corrected chi connectivity index (χ0v) is 18.0. The second kappa shape index (κ2) is 7.39. The molecule has 2 saturated carbocycles. The molecular formula is C22H18BrClN2O4. The molecule has 154 valence electrons. The molecule has 1 heterocycles. The fourth-order valence-corrected chi connectivity index (χ4v) is 6.17. The van der Waals surface area contributed by atoms with E-state index in [2.05, 4.69) is 26.6 Å². The average molecular weight is 490 g/mol. The minimum atomic E-state index is -0.390. The lowest BCUT2D eigenvalue weighted by Gasteiger charge is -2.27. The highest BCUT2D eigenvalue weighted by Crippen LogP contribution is 2.60. The summed E-state index contributed by atoms with van der Waals surface area (Å²) in [4.78, 5) is 37.6. The standard InChI is InChI=1S/C22H18BrClN2O4/c23-18-14-9-15-17(22(29)30-19(15)18)16(14)21(28)26-12-5-1-10(2-6-12)20(27)25-13-7-3-11(24)4-8-13/h1-8,14-19H,9H2,(H,25,27)(H,26,28)/t14-,15-,16-,17+,18-,19+/m1/s1. The van der Waals surface area contributed by atoms with E-state index in [4.69, 9.17) is 16.3 Å². The van der Waals surface area contributed by atoms with Crippen molar-refractivity contribution in [2.24, 2.45) is 23.7 Å². The van der Waals surface area contributed by atoms with Crippen LogP contribution in [0, 0.1) is 23.7 Å². The van der Waals surface area contributed by atoms with Crippen LogP contribution in [0.25, 0.3) is 0 Å². The van der Waals surface area contributed by atoms with E-state index in [0.717, 1.165) is 6.42 Å². The minimum Gasteiger partial charge on any atom is -0.461 e. The molecule has 2 bridgehead atoms. The molecule has 2 aromatic rings. The first-order chi connectivity index (χ1) is 14.4. The smallest absolute Gasteiger partial charge is 0.310 e. The Morgan fingerprint density at radius 3 is 2.30 bits per heavy atom. The van der Waals surface area contributed by atoms with Gasteiger partial charge in [-0.2, -0.15) is 0 Å². The summed E-state index contributed by atoms with van der Waals surface area (Å²) in [6, 6.07) is 13.5. The molecule has 6 nitrogen and oxygen atoms in total. The summed E-state index contributed by atoms with van der Waals surface area (Å²) in [6.07, 6.45) is 0.730. The second-order valence-electron chi connectivity index (χ2n) is 7.99. The summed E-state index contributed by atoms with van der Waals surface area (Å²) in [5, 5.41) is 6.29. The molecule has 2 N–H and O–H groups in total. The van der Waals surface area contributed by atoms with E-state index >= 15 is 0 Å². The third kappa shape index (κ3) is 3.20. The van der Waals surface area contributed by atoms with Crippen molar-refractivity contribution in [3.05, 3.63) is 59.1 Å². The Bertz CT molecular complexity index is 1030. The second-order valence-corrected chi connectivity index (χ2v) is 9.48. The van der Waals surface area contributed by atoms with E-state index in [0.29, 0.717) is 22.0 Å². The third-order valence-electron chi connectivity index (χ3n) is 6.34. The highest BCUT2D eigenvalue weighted by molar-refractivity contribution is 9.09. The molecule has 2 aromatic carbocycles. The van der Waals surface area contributed by atoms with Gasteiger partial charge < -0.3 is 15.4 Å². The van der Waals surface area contributed by atoms with Crippen LogP contribution in [-0.2, 0) is 14.3 Å². The molecule has 0 radical (unpaired) electrons. The number of esters is 1. The third-order valence-corrected chi connectivity index (χ3v) is 7.79. The van der Waals surface area contributed by atoms with Crippen LogP contribution < -0.4 is 10.6 Å². The van der Waals surface area contributed by atoms with Gasteiger partial charge in [-0.25, -0.2) is 0 Å². The maximum Gasteiger partial charge on any atom is 0.310 e. The molecule has 5 rings (SSSR count). The molecule has 3 fully saturated rings. The van der Waals surface area contributed by atoms with Gasteiger partial charge in [0.2, 0.25) is 5.91 Å². The first-order valence-corrected chi connectivity index (χ1v) is 11.0. The van der Waals surface area contributed by atoms with Gasteiger partial charge in [0.1, 0.15) is 6.10 Å². The Morgan fingerprint density at radius 1 is 0.967 bits per heavy atom. The van der Waals surface area contributed by atoms with Crippen molar-refractivity contribution in [3.63, 3.8) is 0 Å². The highest BCUT2D eigenvalue weighted by atomic mass is 79.9. The predicted octanol–water partition coefficient (Wildman–Crippen LogP) is 4.10. The van der Waals surface area contributed by atoms with E-state index < -0.39 is 5.92 Å². The zero-order chi connectivity index (χ0) is 21.0. The molecule has 1 saturated heterocycles. The summed E-state index contributed by atoms with van der Waals surface area (Å²) in [7, 11) is 0. The molecule has 6 atom stereocenters. The molecular weight excluding hydrogens is 472 g/mol. The first-order valence-electron chi connectivity index (χ1n) is 9.75. The maximum atomic E-state index is 12.9. The number of fused-ring (bicyclic) bond motifs is 1. The van der Waals surface area contributed by atoms with E-state index in [1.807, 2.05) is 0 Å². The molecule has 2 aliphatic carbocycles. The Hall–Kier alpha value is -2.38. The monoisotopic (exact) mass is 488 g/mol. The van der Waals surface area contributed by atoms with Crippen LogP contribution in [-0.4, -0.2) is 28.7 Å². The lowest BCUT2D eigenvalue weighted by atomic mass is 9.79. The number of ether oxygens (including phenoxy) is 1. The van der Waals surface area contributed by atoms with Gasteiger partial charge in [-0.15, -0.1) is 0 Å². The highest BCUT2D eigenvalue weighted by Gasteiger charge is 2.67. The lowest BCUT2D eigenvalue weighted by Crippen LogP contribution is -2.40. The largest absolute Gasteiger partial charge is 0.461 e. The number of hydrogen-bond donors (Lipinski definition) is 2. The number of hydrogen-bond acceptors (Lipinski definition) is 4. The molecule has 0 unspecified atom stereocenters. The Morgan fingerprint density at radius 2 is 1.60 bits per heavy atom. The van der Waals surface area contributed by atoms with Gasteiger partial charge in [0.05, 0.1) is 16.7 Å². The van der Waals surface area contributed by atoms with Gasteiger partial charge in [0, 0.05) is 27.9 Å². The average Bonchev–Trinajstić information content (AvgIpc) is 3.34. The van der Waals surface area contributed by atoms with Crippen LogP contribution >= 0.6 is 27.5 Å². The Kier molecular flexibility index (Phi) is 4.82. The number of nitrogens with one attached hydrogen (secondary N) is 2. The van der Waals surface area contributed by atoms with Gasteiger partial charge in [-0.05, 0) is 60.9 Å². The number of amides is 2. The number of alkyl halides is 1. The van der Waals surface area contributed by atoms with Crippen molar-refractivity contribution in [3.8, 4) is 0 Å². The van der Waals surface area contributed by atoms with Gasteiger partial charge in [0.25, 0.3) is 5.91 Å². The quantitative estimate of drug-likeness (QED) is 0.500. The first kappa shape index (κ1) is 19.6. The molecule has 3 aliphatic rings. The summed E-state index contributed by atoms with van der Waals surface area (Å²) in [5.74, 6) is -1.21. The topological polar surface area (TPSA) is 84.5 Å². The summed E-state index contributed by atoms with van der Waals surface area (Å²) in [6.45, 7) is 0. The maximum absolute atomic E-state index is 12.9. The summed E-state index contributed by atoms with van der Waals surface area (Å²) < 4.78 is 5.46. The molecule has 0 spiro atoms. The van der Waals surface area contributed by atoms with Gasteiger partial charge in [-0.1, -0.05) is 27.5 Å². The van der Waals surface area contributed by atoms with Crippen LogP contribution in [0.2, 0.25) is 5.02 Å². The van der Waals surface area contributed by atoms with Crippen molar-refractivity contribution >= 4 is 56.7 Å². The van der Waals surface area contributed by atoms with Crippen LogP contribution in [0.1, 0.15) is 16.8 Å². The number of halogens is 2. The number of carbonyl (C=O) groups excluding carboxylic acids is 3. The van der Waals surface area contributed by atoms with Gasteiger partial charge >= 0.3 is 5.97 Å². The number of benzene rings is 2. The van der Waals surface area contributed by atoms with E-state index in [1.54, 1.807) is 48.5 Å². The van der Waals surface area contributed by atoms with Crippen molar-refractivity contribution in [2.45, 2.75) is 17.4 Å². The van der Waals surface area contributed by atoms with Crippen molar-refractivity contribution in [1.82, 2.24) is 0 Å². The van der Waals surface area contributed by atoms with E-state index in [-0.39, 0.29) is 46.5 Å². The normalized spacial score (nSPS) is 30.8. The molecule has 0 aromatic heterocycles. The SMILES string of the molecule is O=C(Nc1ccc(Cl)cc1)c1ccc(NC(=O)[C@@H]2[C@H]3C[C@H]4[C@H](OC(=O)[C@@H]42)[C@@H]3Br)cc1. The number of anilines is 2. The van der Waals surface area contributed by atoms with Crippen LogP contribution in [0.15, 0.2) is 48.5 Å². The van der Waals surface area contributed by atoms with Crippen molar-refractivity contribution in [2.75, 3.05) is 10.6 Å². The lowest BCUT2D eigenvalue weighted by molar-refractivity contribution is -0.145. The Balaban J connectivity index is 1.25. The Labute approximate surface area is 186 Å². The molecule has 2 amide bonds. The van der Waals surface area contributed by atoms with E-state index in [1.165, 1.54) is 0 Å². The fourth-order valence-electron chi connectivity index (χ4n) is 5.00. The fraction of sp³-hybridized carbons (Fsp3) is 0.318. The predicted molar refractivity (Wildman–Crippen MR) is 116 cm³/mol. The van der Waals surface area contributed by atoms with Crippen LogP contribution in [0.3, 0.4) is 0 Å². The number of rotatable bonds is 4. The number of carbonyl (C=O) groups is 3. The molecule has 30 heavy (non-hydrogen) atoms. The minimum absolute atomic E-state index is 0.0277. The molecule has 8 heteroatoms. The van der Waals surface area contributed by atoms with Crippen molar-refractivity contribution < 1.29 is 19.1 Å². The van der Waals surface area contributed by atoms with Crippen molar-refractivity contribution in [1.29, 1.82) is 0 Å².